The summed E-state index contributed by atoms with van der Waals surface area (Å²) in [4.78, 5) is 36.9. The van der Waals surface area contributed by atoms with E-state index in [0.29, 0.717) is 5.75 Å². The molecule has 0 amide bonds. The summed E-state index contributed by atoms with van der Waals surface area (Å²) in [5, 5.41) is 10.7. The number of para-hydroxylation sites is 1. The summed E-state index contributed by atoms with van der Waals surface area (Å²) < 4.78 is 26.6. The van der Waals surface area contributed by atoms with Crippen molar-refractivity contribution in [2.45, 2.75) is 26.1 Å². The molecule has 1 aromatic heterocycles. The Morgan fingerprint density at radius 1 is 1.00 bits per heavy atom. The molecule has 1 N–H and O–H groups in total. The molecule has 174 valence electrons. The molecule has 0 radical (unpaired) electrons. The fraction of sp³-hybridized carbons (Fsp3) is 0.292. The predicted molar refractivity (Wildman–Crippen MR) is 117 cm³/mol. The molecule has 0 spiro atoms. The number of hydrogen-bond donors (Lipinski definition) is 1. The third-order valence-corrected chi connectivity index (χ3v) is 4.48. The van der Waals surface area contributed by atoms with E-state index in [1.54, 1.807) is 50.2 Å². The zero-order chi connectivity index (χ0) is 23.8. The van der Waals surface area contributed by atoms with Crippen LogP contribution in [0.2, 0.25) is 0 Å². The van der Waals surface area contributed by atoms with Gasteiger partial charge in [0.05, 0.1) is 13.2 Å². The molecule has 2 atom stereocenters. The number of fused-ring (bicyclic) bond motifs is 1. The second-order valence-electron chi connectivity index (χ2n) is 6.81. The van der Waals surface area contributed by atoms with E-state index in [-0.39, 0.29) is 42.3 Å². The normalized spacial score (nSPS) is 12.6. The van der Waals surface area contributed by atoms with Crippen molar-refractivity contribution in [1.82, 2.24) is 0 Å². The molecule has 0 fully saturated rings. The highest BCUT2D eigenvalue weighted by molar-refractivity contribution is 5.90. The molecular formula is C24H24O9. The van der Waals surface area contributed by atoms with Crippen molar-refractivity contribution >= 4 is 22.9 Å². The van der Waals surface area contributed by atoms with Gasteiger partial charge in [-0.1, -0.05) is 24.3 Å². The number of benzene rings is 2. The molecule has 0 aliphatic carbocycles. The Morgan fingerprint density at radius 3 is 2.42 bits per heavy atom. The molecule has 3 rings (SSSR count). The number of esters is 2. The molecule has 9 heteroatoms. The van der Waals surface area contributed by atoms with E-state index in [1.807, 2.05) is 0 Å². The number of aliphatic hydroxyl groups is 1. The van der Waals surface area contributed by atoms with Gasteiger partial charge in [0.25, 0.3) is 0 Å². The first-order chi connectivity index (χ1) is 15.9. The lowest BCUT2D eigenvalue weighted by atomic mass is 10.2. The summed E-state index contributed by atoms with van der Waals surface area (Å²) in [5.41, 5.74) is -0.410. The third kappa shape index (κ3) is 5.89. The van der Waals surface area contributed by atoms with Crippen molar-refractivity contribution < 1.29 is 38.1 Å². The van der Waals surface area contributed by atoms with Gasteiger partial charge < -0.3 is 28.5 Å². The van der Waals surface area contributed by atoms with Crippen LogP contribution in [0.25, 0.3) is 11.0 Å². The summed E-state index contributed by atoms with van der Waals surface area (Å²) in [6.45, 7) is 3.14. The van der Waals surface area contributed by atoms with Crippen LogP contribution in [0.1, 0.15) is 24.4 Å². The quantitative estimate of drug-likeness (QED) is 0.459. The Balaban J connectivity index is 1.81. The molecule has 2 unspecified atom stereocenters. The van der Waals surface area contributed by atoms with Crippen molar-refractivity contribution in [3.05, 3.63) is 70.6 Å². The first kappa shape index (κ1) is 23.8. The number of carbonyl (C=O) groups excluding carboxylic acids is 2. The minimum absolute atomic E-state index is 0.0782. The zero-order valence-corrected chi connectivity index (χ0v) is 18.2. The van der Waals surface area contributed by atoms with Gasteiger partial charge in [0.15, 0.2) is 5.43 Å². The van der Waals surface area contributed by atoms with Gasteiger partial charge in [0.1, 0.15) is 35.2 Å². The van der Waals surface area contributed by atoms with Crippen LogP contribution in [-0.4, -0.2) is 49.1 Å². The Bertz CT molecular complexity index is 1150. The summed E-state index contributed by atoms with van der Waals surface area (Å²) in [5.74, 6) is -1.27. The van der Waals surface area contributed by atoms with Gasteiger partial charge in [-0.2, -0.15) is 0 Å². The van der Waals surface area contributed by atoms with Gasteiger partial charge in [-0.3, -0.25) is 4.79 Å². The van der Waals surface area contributed by atoms with Crippen LogP contribution in [0.4, 0.5) is 0 Å². The van der Waals surface area contributed by atoms with E-state index in [9.17, 15) is 19.5 Å². The Labute approximate surface area is 189 Å². The molecule has 33 heavy (non-hydrogen) atoms. The number of ether oxygens (including phenoxy) is 4. The summed E-state index contributed by atoms with van der Waals surface area (Å²) in [7, 11) is 0. The molecular weight excluding hydrogens is 432 g/mol. The third-order valence-electron chi connectivity index (χ3n) is 4.48. The molecule has 0 aliphatic heterocycles. The average molecular weight is 456 g/mol. The molecule has 0 saturated carbocycles. The lowest BCUT2D eigenvalue weighted by Gasteiger charge is -2.23. The number of hydrogen-bond acceptors (Lipinski definition) is 9. The van der Waals surface area contributed by atoms with Crippen LogP contribution in [0.3, 0.4) is 0 Å². The molecule has 0 bridgehead atoms. The van der Waals surface area contributed by atoms with Crippen LogP contribution in [0.15, 0.2) is 63.8 Å². The van der Waals surface area contributed by atoms with Gasteiger partial charge in [-0.25, -0.2) is 9.59 Å². The maximum atomic E-state index is 12.6. The van der Waals surface area contributed by atoms with Crippen LogP contribution < -0.4 is 14.9 Å². The monoisotopic (exact) mass is 456 g/mol. The van der Waals surface area contributed by atoms with E-state index in [1.165, 1.54) is 12.1 Å². The predicted octanol–water partition coefficient (Wildman–Crippen LogP) is 2.72. The molecule has 3 aromatic rings. The SMILES string of the molecule is CCOC(=O)c1cc(=O)c2c(OCC(O)C(Oc3ccccc3)C(=O)OCC)cccc2o1. The molecule has 9 nitrogen and oxygen atoms in total. The van der Waals surface area contributed by atoms with Crippen molar-refractivity contribution in [3.63, 3.8) is 0 Å². The first-order valence-corrected chi connectivity index (χ1v) is 10.4. The van der Waals surface area contributed by atoms with E-state index in [4.69, 9.17) is 23.4 Å². The number of aliphatic hydroxyl groups excluding tert-OH is 1. The molecule has 0 aliphatic rings. The first-order valence-electron chi connectivity index (χ1n) is 10.4. The van der Waals surface area contributed by atoms with Crippen LogP contribution in [0.5, 0.6) is 11.5 Å². The highest BCUT2D eigenvalue weighted by atomic mass is 16.6. The molecule has 2 aromatic carbocycles. The van der Waals surface area contributed by atoms with E-state index in [0.717, 1.165) is 6.07 Å². The van der Waals surface area contributed by atoms with Crippen molar-refractivity contribution in [1.29, 1.82) is 0 Å². The summed E-state index contributed by atoms with van der Waals surface area (Å²) in [6.07, 6.45) is -2.76. The summed E-state index contributed by atoms with van der Waals surface area (Å²) in [6, 6.07) is 14.1. The lowest BCUT2D eigenvalue weighted by molar-refractivity contribution is -0.157. The van der Waals surface area contributed by atoms with Gasteiger partial charge in [0.2, 0.25) is 11.9 Å². The fourth-order valence-electron chi connectivity index (χ4n) is 3.02. The standard InChI is InChI=1S/C24H24O9/c1-3-29-23(27)20-13-16(25)21-18(11-8-12-19(21)33-20)31-14-17(26)22(24(28)30-4-2)32-15-9-6-5-7-10-15/h5-13,17,22,26H,3-4,14H2,1-2H3. The zero-order valence-electron chi connectivity index (χ0n) is 18.2. The Morgan fingerprint density at radius 2 is 1.73 bits per heavy atom. The topological polar surface area (TPSA) is 122 Å². The molecule has 0 saturated heterocycles. The fourth-order valence-corrected chi connectivity index (χ4v) is 3.02. The molecule has 1 heterocycles. The second kappa shape index (κ2) is 11.1. The van der Waals surface area contributed by atoms with Gasteiger partial charge in [-0.05, 0) is 38.1 Å². The van der Waals surface area contributed by atoms with E-state index in [2.05, 4.69) is 0 Å². The number of rotatable bonds is 10. The van der Waals surface area contributed by atoms with Gasteiger partial charge in [0, 0.05) is 6.07 Å². The van der Waals surface area contributed by atoms with Gasteiger partial charge >= 0.3 is 11.9 Å². The van der Waals surface area contributed by atoms with E-state index < -0.39 is 29.6 Å². The van der Waals surface area contributed by atoms with Crippen molar-refractivity contribution in [3.8, 4) is 11.5 Å². The maximum Gasteiger partial charge on any atom is 0.374 e. The number of carbonyl (C=O) groups is 2. The highest BCUT2D eigenvalue weighted by Crippen LogP contribution is 2.24. The average Bonchev–Trinajstić information content (AvgIpc) is 2.81. The van der Waals surface area contributed by atoms with Gasteiger partial charge in [-0.15, -0.1) is 0 Å². The largest absolute Gasteiger partial charge is 0.490 e. The highest BCUT2D eigenvalue weighted by Gasteiger charge is 2.31. The lowest BCUT2D eigenvalue weighted by Crippen LogP contribution is -2.43. The van der Waals surface area contributed by atoms with E-state index >= 15 is 0 Å². The minimum atomic E-state index is -1.41. The summed E-state index contributed by atoms with van der Waals surface area (Å²) >= 11 is 0. The van der Waals surface area contributed by atoms with Crippen molar-refractivity contribution in [2.24, 2.45) is 0 Å². The van der Waals surface area contributed by atoms with Crippen LogP contribution in [0, 0.1) is 0 Å². The Kier molecular flexibility index (Phi) is 8.04. The minimum Gasteiger partial charge on any atom is -0.490 e. The van der Waals surface area contributed by atoms with Crippen LogP contribution in [-0.2, 0) is 14.3 Å². The second-order valence-corrected chi connectivity index (χ2v) is 6.81. The van der Waals surface area contributed by atoms with Crippen LogP contribution >= 0.6 is 0 Å². The maximum absolute atomic E-state index is 12.6. The Hall–Kier alpha value is -3.85. The smallest absolute Gasteiger partial charge is 0.374 e. The van der Waals surface area contributed by atoms with Crippen molar-refractivity contribution in [2.75, 3.05) is 19.8 Å².